The molecule has 0 atom stereocenters. The Hall–Kier alpha value is -1.38. The topological polar surface area (TPSA) is 38.0 Å². The average Bonchev–Trinajstić information content (AvgIpc) is 2.38. The molecule has 0 unspecified atom stereocenters. The van der Waals surface area contributed by atoms with E-state index in [2.05, 4.69) is 18.3 Å². The molecule has 100 valence electrons. The molecular weight excluding hydrogens is 279 g/mol. The first kappa shape index (κ1) is 14.0. The van der Waals surface area contributed by atoms with Crippen molar-refractivity contribution in [2.45, 2.75) is 19.8 Å². The van der Waals surface area contributed by atoms with Crippen molar-refractivity contribution in [2.75, 3.05) is 11.1 Å². The van der Waals surface area contributed by atoms with Crippen molar-refractivity contribution in [3.8, 4) is 0 Å². The third-order valence-corrected chi connectivity index (χ3v) is 3.62. The Bertz CT molecular complexity index is 582. The minimum Gasteiger partial charge on any atom is -0.397 e. The molecule has 0 spiro atoms. The van der Waals surface area contributed by atoms with E-state index in [4.69, 9.17) is 28.9 Å². The zero-order valence-corrected chi connectivity index (χ0v) is 12.2. The van der Waals surface area contributed by atoms with Crippen molar-refractivity contribution < 1.29 is 0 Å². The number of benzene rings is 2. The van der Waals surface area contributed by atoms with Gasteiger partial charge in [-0.2, -0.15) is 0 Å². The summed E-state index contributed by atoms with van der Waals surface area (Å²) in [7, 11) is 0. The van der Waals surface area contributed by atoms with Crippen molar-refractivity contribution >= 4 is 40.3 Å². The molecule has 0 saturated carbocycles. The predicted octanol–water partition coefficient (Wildman–Crippen LogP) is 5.27. The second-order valence-electron chi connectivity index (χ2n) is 4.39. The molecular formula is C15H16Cl2N2. The number of halogens is 2. The highest BCUT2D eigenvalue weighted by Crippen LogP contribution is 2.33. The van der Waals surface area contributed by atoms with Gasteiger partial charge in [-0.05, 0) is 30.2 Å². The van der Waals surface area contributed by atoms with Crippen LogP contribution in [0, 0.1) is 0 Å². The Kier molecular flexibility index (Phi) is 4.56. The number of anilines is 3. The second kappa shape index (κ2) is 6.18. The maximum atomic E-state index is 6.03. The van der Waals surface area contributed by atoms with E-state index in [1.54, 1.807) is 12.1 Å². The van der Waals surface area contributed by atoms with Gasteiger partial charge in [-0.25, -0.2) is 0 Å². The van der Waals surface area contributed by atoms with Crippen LogP contribution in [-0.4, -0.2) is 0 Å². The molecule has 3 N–H and O–H groups in total. The summed E-state index contributed by atoms with van der Waals surface area (Å²) in [6.45, 7) is 2.16. The van der Waals surface area contributed by atoms with Gasteiger partial charge in [0.25, 0.3) is 0 Å². The van der Waals surface area contributed by atoms with Crippen molar-refractivity contribution in [3.63, 3.8) is 0 Å². The Morgan fingerprint density at radius 3 is 2.47 bits per heavy atom. The van der Waals surface area contributed by atoms with E-state index in [-0.39, 0.29) is 0 Å². The lowest BCUT2D eigenvalue weighted by Gasteiger charge is -2.14. The van der Waals surface area contributed by atoms with Gasteiger partial charge in [0.2, 0.25) is 0 Å². The maximum absolute atomic E-state index is 6.03. The van der Waals surface area contributed by atoms with Crippen LogP contribution in [0.25, 0.3) is 0 Å². The summed E-state index contributed by atoms with van der Waals surface area (Å²) in [4.78, 5) is 0. The van der Waals surface area contributed by atoms with Gasteiger partial charge in [0.1, 0.15) is 0 Å². The average molecular weight is 295 g/mol. The summed E-state index contributed by atoms with van der Waals surface area (Å²) in [6, 6.07) is 11.6. The maximum Gasteiger partial charge on any atom is 0.0634 e. The summed E-state index contributed by atoms with van der Waals surface area (Å²) in [5, 5.41) is 4.28. The monoisotopic (exact) mass is 294 g/mol. The lowest BCUT2D eigenvalue weighted by Crippen LogP contribution is -1.99. The Labute approximate surface area is 123 Å². The second-order valence-corrected chi connectivity index (χ2v) is 5.20. The number of hydrogen-bond acceptors (Lipinski definition) is 2. The number of aryl methyl sites for hydroxylation is 1. The van der Waals surface area contributed by atoms with Gasteiger partial charge >= 0.3 is 0 Å². The van der Waals surface area contributed by atoms with Crippen LogP contribution in [0.1, 0.15) is 18.9 Å². The smallest absolute Gasteiger partial charge is 0.0634 e. The highest BCUT2D eigenvalue weighted by atomic mass is 35.5. The number of hydrogen-bond donors (Lipinski definition) is 2. The number of rotatable bonds is 4. The lowest BCUT2D eigenvalue weighted by atomic mass is 10.1. The minimum atomic E-state index is 0.464. The molecule has 2 nitrogen and oxygen atoms in total. The van der Waals surface area contributed by atoms with Crippen LogP contribution in [0.5, 0.6) is 0 Å². The van der Waals surface area contributed by atoms with Gasteiger partial charge in [0, 0.05) is 5.69 Å². The summed E-state index contributed by atoms with van der Waals surface area (Å²) >= 11 is 12.0. The molecule has 0 fully saturated rings. The van der Waals surface area contributed by atoms with E-state index in [1.165, 1.54) is 5.56 Å². The lowest BCUT2D eigenvalue weighted by molar-refractivity contribution is 0.923. The third-order valence-electron chi connectivity index (χ3n) is 2.90. The quantitative estimate of drug-likeness (QED) is 0.754. The van der Waals surface area contributed by atoms with Crippen LogP contribution in [0.4, 0.5) is 17.1 Å². The van der Waals surface area contributed by atoms with Gasteiger partial charge in [0.05, 0.1) is 21.4 Å². The third kappa shape index (κ3) is 3.34. The van der Waals surface area contributed by atoms with E-state index in [0.29, 0.717) is 15.7 Å². The largest absolute Gasteiger partial charge is 0.397 e. The molecule has 0 saturated heterocycles. The van der Waals surface area contributed by atoms with Crippen LogP contribution < -0.4 is 11.1 Å². The SMILES string of the molecule is CCCc1ccccc1Nc1cc(Cl)c(Cl)cc1N. The molecule has 4 heteroatoms. The first-order valence-electron chi connectivity index (χ1n) is 6.21. The fourth-order valence-corrected chi connectivity index (χ4v) is 2.28. The zero-order valence-electron chi connectivity index (χ0n) is 10.7. The van der Waals surface area contributed by atoms with E-state index in [9.17, 15) is 0 Å². The van der Waals surface area contributed by atoms with Gasteiger partial charge in [-0.1, -0.05) is 54.7 Å². The highest BCUT2D eigenvalue weighted by Gasteiger charge is 2.07. The van der Waals surface area contributed by atoms with Gasteiger partial charge in [-0.3, -0.25) is 0 Å². The number of para-hydroxylation sites is 1. The van der Waals surface area contributed by atoms with E-state index in [0.717, 1.165) is 24.2 Å². The Morgan fingerprint density at radius 1 is 1.05 bits per heavy atom. The van der Waals surface area contributed by atoms with Gasteiger partial charge < -0.3 is 11.1 Å². The molecule has 0 aliphatic carbocycles. The highest BCUT2D eigenvalue weighted by molar-refractivity contribution is 6.42. The zero-order chi connectivity index (χ0) is 13.8. The molecule has 0 heterocycles. The Morgan fingerprint density at radius 2 is 1.74 bits per heavy atom. The van der Waals surface area contributed by atoms with Crippen molar-refractivity contribution in [1.82, 2.24) is 0 Å². The molecule has 0 bridgehead atoms. The first-order valence-corrected chi connectivity index (χ1v) is 6.97. The molecule has 0 aliphatic heterocycles. The van der Waals surface area contributed by atoms with E-state index >= 15 is 0 Å². The standard InChI is InChI=1S/C15H16Cl2N2/c1-2-5-10-6-3-4-7-14(10)19-15-9-12(17)11(16)8-13(15)18/h3-4,6-9,19H,2,5,18H2,1H3. The molecule has 2 aromatic rings. The van der Waals surface area contributed by atoms with Crippen LogP contribution in [0.15, 0.2) is 36.4 Å². The summed E-state index contributed by atoms with van der Waals surface area (Å²) < 4.78 is 0. The van der Waals surface area contributed by atoms with Crippen molar-refractivity contribution in [1.29, 1.82) is 0 Å². The summed E-state index contributed by atoms with van der Waals surface area (Å²) in [5.74, 6) is 0. The number of nitrogens with one attached hydrogen (secondary N) is 1. The molecule has 2 rings (SSSR count). The van der Waals surface area contributed by atoms with Crippen LogP contribution in [0.2, 0.25) is 10.0 Å². The normalized spacial score (nSPS) is 10.5. The molecule has 19 heavy (non-hydrogen) atoms. The first-order chi connectivity index (χ1) is 9.11. The Balaban J connectivity index is 2.33. The summed E-state index contributed by atoms with van der Waals surface area (Å²) in [5.41, 5.74) is 9.63. The predicted molar refractivity (Wildman–Crippen MR) is 84.6 cm³/mol. The molecule has 0 aromatic heterocycles. The van der Waals surface area contributed by atoms with Gasteiger partial charge in [-0.15, -0.1) is 0 Å². The van der Waals surface area contributed by atoms with E-state index in [1.807, 2.05) is 18.2 Å². The molecule has 0 aliphatic rings. The molecule has 0 radical (unpaired) electrons. The number of nitrogen functional groups attached to an aromatic ring is 1. The fraction of sp³-hybridized carbons (Fsp3) is 0.200. The molecule has 2 aromatic carbocycles. The summed E-state index contributed by atoms with van der Waals surface area (Å²) in [6.07, 6.45) is 2.11. The number of nitrogens with two attached hydrogens (primary N) is 1. The van der Waals surface area contributed by atoms with Crippen LogP contribution in [-0.2, 0) is 6.42 Å². The van der Waals surface area contributed by atoms with Crippen LogP contribution >= 0.6 is 23.2 Å². The van der Waals surface area contributed by atoms with Crippen LogP contribution in [0.3, 0.4) is 0 Å². The van der Waals surface area contributed by atoms with Crippen molar-refractivity contribution in [3.05, 3.63) is 52.0 Å². The van der Waals surface area contributed by atoms with E-state index < -0.39 is 0 Å². The molecule has 0 amide bonds. The fourth-order valence-electron chi connectivity index (χ4n) is 1.95. The van der Waals surface area contributed by atoms with Gasteiger partial charge in [0.15, 0.2) is 0 Å². The van der Waals surface area contributed by atoms with Crippen molar-refractivity contribution in [2.24, 2.45) is 0 Å². The minimum absolute atomic E-state index is 0.464.